The number of nitrogens with one attached hydrogen (secondary N) is 1. The molecule has 0 unspecified atom stereocenters. The molecule has 0 aliphatic rings. The van der Waals surface area contributed by atoms with E-state index in [2.05, 4.69) is 10.5 Å². The lowest BCUT2D eigenvalue weighted by Crippen LogP contribution is -2.18. The molecular weight excluding hydrogens is 390 g/mol. The summed E-state index contributed by atoms with van der Waals surface area (Å²) < 4.78 is 1.87. The van der Waals surface area contributed by atoms with Crippen LogP contribution < -0.4 is 5.43 Å². The number of carboxylic acids is 1. The first-order chi connectivity index (χ1) is 15.0. The number of nitrogens with zero attached hydrogens (tertiary/aromatic N) is 2. The van der Waals surface area contributed by atoms with Gasteiger partial charge in [-0.05, 0) is 48.9 Å². The number of rotatable bonds is 5. The number of para-hydroxylation sites is 1. The molecule has 4 aromatic rings. The Kier molecular flexibility index (Phi) is 5.37. The van der Waals surface area contributed by atoms with Gasteiger partial charge in [-0.25, -0.2) is 10.2 Å². The first-order valence-corrected chi connectivity index (χ1v) is 9.80. The minimum atomic E-state index is -0.985. The SMILES string of the molecule is Cc1cc(/C=N\NC(=O)c2cccc3ccccc23)c(C)n1-c1ccccc1C(=O)O. The van der Waals surface area contributed by atoms with Crippen LogP contribution in [0.1, 0.15) is 37.7 Å². The standard InChI is InChI=1S/C25H21N3O3/c1-16-14-19(17(2)28(16)23-13-6-5-11-22(23)25(30)31)15-26-27-24(29)21-12-7-9-18-8-3-4-10-20(18)21/h3-15H,1-2H3,(H,27,29)(H,30,31)/b26-15-. The fourth-order valence-electron chi connectivity index (χ4n) is 3.78. The molecule has 6 heteroatoms. The van der Waals surface area contributed by atoms with Gasteiger partial charge in [-0.15, -0.1) is 0 Å². The minimum absolute atomic E-state index is 0.219. The average Bonchev–Trinajstić information content (AvgIpc) is 3.06. The third-order valence-corrected chi connectivity index (χ3v) is 5.25. The summed E-state index contributed by atoms with van der Waals surface area (Å²) >= 11 is 0. The van der Waals surface area contributed by atoms with Crippen LogP contribution in [-0.4, -0.2) is 27.8 Å². The predicted octanol–water partition coefficient (Wildman–Crippen LogP) is 4.71. The molecule has 0 saturated heterocycles. The average molecular weight is 411 g/mol. The van der Waals surface area contributed by atoms with Crippen LogP contribution in [0.25, 0.3) is 16.5 Å². The van der Waals surface area contributed by atoms with E-state index in [9.17, 15) is 14.7 Å². The molecule has 0 aliphatic heterocycles. The van der Waals surface area contributed by atoms with Crippen molar-refractivity contribution in [2.45, 2.75) is 13.8 Å². The lowest BCUT2D eigenvalue weighted by Gasteiger charge is -2.12. The summed E-state index contributed by atoms with van der Waals surface area (Å²) in [6.07, 6.45) is 1.57. The molecule has 0 spiro atoms. The summed E-state index contributed by atoms with van der Waals surface area (Å²) in [7, 11) is 0. The number of aryl methyl sites for hydroxylation is 1. The number of benzene rings is 3. The van der Waals surface area contributed by atoms with E-state index in [0.29, 0.717) is 11.3 Å². The van der Waals surface area contributed by atoms with Crippen LogP contribution >= 0.6 is 0 Å². The number of fused-ring (bicyclic) bond motifs is 1. The maximum Gasteiger partial charge on any atom is 0.337 e. The van der Waals surface area contributed by atoms with Gasteiger partial charge in [0.15, 0.2) is 0 Å². The second-order valence-corrected chi connectivity index (χ2v) is 7.21. The third-order valence-electron chi connectivity index (χ3n) is 5.25. The summed E-state index contributed by atoms with van der Waals surface area (Å²) in [6, 6.07) is 22.0. The maximum atomic E-state index is 12.7. The van der Waals surface area contributed by atoms with Crippen LogP contribution in [0, 0.1) is 13.8 Å². The smallest absolute Gasteiger partial charge is 0.337 e. The predicted molar refractivity (Wildman–Crippen MR) is 121 cm³/mol. The van der Waals surface area contributed by atoms with Gasteiger partial charge in [-0.2, -0.15) is 5.10 Å². The van der Waals surface area contributed by atoms with Crippen molar-refractivity contribution in [1.29, 1.82) is 0 Å². The molecule has 1 amide bonds. The fourth-order valence-corrected chi connectivity index (χ4v) is 3.78. The van der Waals surface area contributed by atoms with Gasteiger partial charge in [0.2, 0.25) is 0 Å². The molecule has 1 heterocycles. The molecule has 4 rings (SSSR count). The lowest BCUT2D eigenvalue weighted by atomic mass is 10.0. The van der Waals surface area contributed by atoms with Crippen molar-refractivity contribution in [3.05, 3.63) is 101 Å². The molecule has 3 aromatic carbocycles. The molecule has 31 heavy (non-hydrogen) atoms. The highest BCUT2D eigenvalue weighted by Gasteiger charge is 2.16. The van der Waals surface area contributed by atoms with Gasteiger partial charge in [-0.3, -0.25) is 4.79 Å². The van der Waals surface area contributed by atoms with Crippen molar-refractivity contribution in [3.63, 3.8) is 0 Å². The van der Waals surface area contributed by atoms with E-state index in [-0.39, 0.29) is 11.5 Å². The van der Waals surface area contributed by atoms with E-state index in [1.54, 1.807) is 36.5 Å². The maximum absolute atomic E-state index is 12.7. The monoisotopic (exact) mass is 411 g/mol. The molecule has 0 atom stereocenters. The number of carbonyl (C=O) groups excluding carboxylic acids is 1. The number of amides is 1. The Morgan fingerprint density at radius 3 is 2.42 bits per heavy atom. The van der Waals surface area contributed by atoms with Gasteiger partial charge >= 0.3 is 5.97 Å². The molecule has 0 bridgehead atoms. The highest BCUT2D eigenvalue weighted by molar-refractivity contribution is 6.07. The Morgan fingerprint density at radius 1 is 0.935 bits per heavy atom. The number of aromatic carboxylic acids is 1. The van der Waals surface area contributed by atoms with E-state index >= 15 is 0 Å². The van der Waals surface area contributed by atoms with Crippen LogP contribution in [-0.2, 0) is 0 Å². The molecule has 0 fully saturated rings. The van der Waals surface area contributed by atoms with Crippen LogP contribution in [0.2, 0.25) is 0 Å². The molecule has 0 saturated carbocycles. The zero-order valence-electron chi connectivity index (χ0n) is 17.2. The van der Waals surface area contributed by atoms with E-state index < -0.39 is 5.97 Å². The van der Waals surface area contributed by atoms with Gasteiger partial charge in [-0.1, -0.05) is 48.5 Å². The summed E-state index contributed by atoms with van der Waals surface area (Å²) in [4.78, 5) is 24.3. The van der Waals surface area contributed by atoms with Crippen molar-refractivity contribution < 1.29 is 14.7 Å². The zero-order chi connectivity index (χ0) is 22.0. The number of hydrazone groups is 1. The van der Waals surface area contributed by atoms with E-state index in [1.165, 1.54) is 0 Å². The van der Waals surface area contributed by atoms with Crippen LogP contribution in [0.4, 0.5) is 0 Å². The number of hydrogen-bond donors (Lipinski definition) is 2. The van der Waals surface area contributed by atoms with Gasteiger partial charge in [0.1, 0.15) is 0 Å². The second kappa shape index (κ2) is 8.28. The quantitative estimate of drug-likeness (QED) is 0.368. The van der Waals surface area contributed by atoms with Crippen LogP contribution in [0.5, 0.6) is 0 Å². The van der Waals surface area contributed by atoms with Crippen molar-refractivity contribution >= 4 is 28.9 Å². The minimum Gasteiger partial charge on any atom is -0.478 e. The van der Waals surface area contributed by atoms with Crippen molar-refractivity contribution in [3.8, 4) is 5.69 Å². The molecule has 154 valence electrons. The van der Waals surface area contributed by atoms with Gasteiger partial charge in [0.05, 0.1) is 17.5 Å². The van der Waals surface area contributed by atoms with Crippen LogP contribution in [0.3, 0.4) is 0 Å². The van der Waals surface area contributed by atoms with E-state index in [4.69, 9.17) is 0 Å². The molecule has 2 N–H and O–H groups in total. The Morgan fingerprint density at radius 2 is 1.61 bits per heavy atom. The fraction of sp³-hybridized carbons (Fsp3) is 0.0800. The van der Waals surface area contributed by atoms with Crippen molar-refractivity contribution in [2.24, 2.45) is 5.10 Å². The van der Waals surface area contributed by atoms with Crippen LogP contribution in [0.15, 0.2) is 77.9 Å². The Hall–Kier alpha value is -4.19. The Labute approximate surface area is 179 Å². The normalized spacial score (nSPS) is 11.2. The first kappa shape index (κ1) is 20.1. The third kappa shape index (κ3) is 3.83. The largest absolute Gasteiger partial charge is 0.478 e. The first-order valence-electron chi connectivity index (χ1n) is 9.80. The zero-order valence-corrected chi connectivity index (χ0v) is 17.2. The number of aromatic nitrogens is 1. The topological polar surface area (TPSA) is 83.7 Å². The summed E-state index contributed by atoms with van der Waals surface area (Å²) in [5, 5.41) is 15.5. The summed E-state index contributed by atoms with van der Waals surface area (Å²) in [6.45, 7) is 3.79. The molecule has 0 aliphatic carbocycles. The Balaban J connectivity index is 1.60. The Bertz CT molecular complexity index is 1330. The summed E-state index contributed by atoms with van der Waals surface area (Å²) in [5.41, 5.74) is 6.44. The number of carbonyl (C=O) groups is 2. The molecule has 6 nitrogen and oxygen atoms in total. The highest BCUT2D eigenvalue weighted by Crippen LogP contribution is 2.23. The molecular formula is C25H21N3O3. The summed E-state index contributed by atoms with van der Waals surface area (Å²) in [5.74, 6) is -1.28. The molecule has 1 aromatic heterocycles. The van der Waals surface area contributed by atoms with Gasteiger partial charge in [0.25, 0.3) is 5.91 Å². The lowest BCUT2D eigenvalue weighted by molar-refractivity contribution is 0.0696. The van der Waals surface area contributed by atoms with Crippen molar-refractivity contribution in [1.82, 2.24) is 9.99 Å². The number of hydrogen-bond acceptors (Lipinski definition) is 3. The van der Waals surface area contributed by atoms with Gasteiger partial charge in [0, 0.05) is 22.5 Å². The van der Waals surface area contributed by atoms with Crippen molar-refractivity contribution in [2.75, 3.05) is 0 Å². The van der Waals surface area contributed by atoms with E-state index in [0.717, 1.165) is 27.7 Å². The number of carboxylic acid groups (broad SMARTS) is 1. The highest BCUT2D eigenvalue weighted by atomic mass is 16.4. The molecule has 0 radical (unpaired) electrons. The van der Waals surface area contributed by atoms with Gasteiger partial charge < -0.3 is 9.67 Å². The van der Waals surface area contributed by atoms with E-state index in [1.807, 2.05) is 60.9 Å². The second-order valence-electron chi connectivity index (χ2n) is 7.21.